The molecule has 2 aromatic carbocycles. The van der Waals surface area contributed by atoms with Crippen LogP contribution in [0, 0.1) is 6.92 Å². The van der Waals surface area contributed by atoms with Gasteiger partial charge in [-0.1, -0.05) is 24.3 Å². The molecule has 0 spiro atoms. The van der Waals surface area contributed by atoms with Gasteiger partial charge in [0.2, 0.25) is 0 Å². The van der Waals surface area contributed by atoms with Gasteiger partial charge in [-0.25, -0.2) is 0 Å². The second-order valence-corrected chi connectivity index (χ2v) is 4.99. The molecule has 0 aromatic heterocycles. The molecule has 0 unspecified atom stereocenters. The van der Waals surface area contributed by atoms with Gasteiger partial charge in [0.1, 0.15) is 11.5 Å². The molecular weight excluding hydrogens is 252 g/mol. The summed E-state index contributed by atoms with van der Waals surface area (Å²) < 4.78 is 10.6. The molecule has 0 N–H and O–H groups in total. The fourth-order valence-corrected chi connectivity index (χ4v) is 2.71. The van der Waals surface area contributed by atoms with Crippen molar-refractivity contribution in [3.8, 4) is 11.5 Å². The van der Waals surface area contributed by atoms with Crippen molar-refractivity contribution in [1.82, 2.24) is 0 Å². The van der Waals surface area contributed by atoms with Gasteiger partial charge in [0.15, 0.2) is 0 Å². The smallest absolute Gasteiger partial charge is 0.312 e. The van der Waals surface area contributed by atoms with E-state index in [1.54, 1.807) is 13.2 Å². The molecule has 1 atom stereocenters. The lowest BCUT2D eigenvalue weighted by molar-refractivity contribution is -0.135. The molecular formula is C17H16O3. The fraction of sp³-hybridized carbons (Fsp3) is 0.235. The highest BCUT2D eigenvalue weighted by Crippen LogP contribution is 2.41. The monoisotopic (exact) mass is 268 g/mol. The normalized spacial score (nSPS) is 17.3. The average Bonchev–Trinajstić information content (AvgIpc) is 2.46. The first-order valence-corrected chi connectivity index (χ1v) is 6.63. The molecule has 3 rings (SSSR count). The Bertz CT molecular complexity index is 661. The molecule has 1 aliphatic rings. The van der Waals surface area contributed by atoms with Crippen LogP contribution in [-0.2, 0) is 4.79 Å². The van der Waals surface area contributed by atoms with E-state index in [1.807, 2.05) is 24.3 Å². The second-order valence-electron chi connectivity index (χ2n) is 4.99. The molecule has 1 aliphatic heterocycles. The van der Waals surface area contributed by atoms with Gasteiger partial charge in [0.25, 0.3) is 0 Å². The summed E-state index contributed by atoms with van der Waals surface area (Å²) in [6.45, 7) is 2.06. The van der Waals surface area contributed by atoms with Gasteiger partial charge in [0.05, 0.1) is 13.5 Å². The van der Waals surface area contributed by atoms with Crippen molar-refractivity contribution in [2.24, 2.45) is 0 Å². The summed E-state index contributed by atoms with van der Waals surface area (Å²) >= 11 is 0. The van der Waals surface area contributed by atoms with Gasteiger partial charge < -0.3 is 9.47 Å². The van der Waals surface area contributed by atoms with Crippen molar-refractivity contribution < 1.29 is 14.3 Å². The minimum absolute atomic E-state index is 0.0301. The van der Waals surface area contributed by atoms with Crippen molar-refractivity contribution in [3.63, 3.8) is 0 Å². The summed E-state index contributed by atoms with van der Waals surface area (Å²) in [5, 5.41) is 0. The quantitative estimate of drug-likeness (QED) is 0.618. The second kappa shape index (κ2) is 5.00. The predicted molar refractivity (Wildman–Crippen MR) is 76.3 cm³/mol. The average molecular weight is 268 g/mol. The SMILES string of the molecule is COc1ccc2c(c1)[C@H](c1ccccc1C)CC(=O)O2. The molecule has 1 heterocycles. The third kappa shape index (κ3) is 2.16. The first-order valence-electron chi connectivity index (χ1n) is 6.63. The Kier molecular flexibility index (Phi) is 3.18. The van der Waals surface area contributed by atoms with E-state index in [9.17, 15) is 4.79 Å². The van der Waals surface area contributed by atoms with Gasteiger partial charge >= 0.3 is 5.97 Å². The number of hydrogen-bond donors (Lipinski definition) is 0. The van der Waals surface area contributed by atoms with Crippen LogP contribution < -0.4 is 9.47 Å². The Hall–Kier alpha value is -2.29. The Morgan fingerprint density at radius 1 is 1.15 bits per heavy atom. The third-order valence-corrected chi connectivity index (χ3v) is 3.75. The standard InChI is InChI=1S/C17H16O3/c1-11-5-3-4-6-13(11)14-10-17(18)20-16-8-7-12(19-2)9-15(14)16/h3-9,14H,10H2,1-2H3/t14-/m0/s1. The molecule has 0 bridgehead atoms. The summed E-state index contributed by atoms with van der Waals surface area (Å²) in [5.41, 5.74) is 3.36. The van der Waals surface area contributed by atoms with E-state index in [1.165, 1.54) is 11.1 Å². The summed E-state index contributed by atoms with van der Waals surface area (Å²) in [4.78, 5) is 11.8. The lowest BCUT2D eigenvalue weighted by atomic mass is 9.84. The minimum atomic E-state index is -0.184. The largest absolute Gasteiger partial charge is 0.497 e. The van der Waals surface area contributed by atoms with E-state index in [2.05, 4.69) is 19.1 Å². The van der Waals surface area contributed by atoms with Crippen molar-refractivity contribution in [2.75, 3.05) is 7.11 Å². The number of carbonyl (C=O) groups excluding carboxylic acids is 1. The van der Waals surface area contributed by atoms with Crippen molar-refractivity contribution in [1.29, 1.82) is 0 Å². The number of rotatable bonds is 2. The van der Waals surface area contributed by atoms with Gasteiger partial charge in [-0.2, -0.15) is 0 Å². The van der Waals surface area contributed by atoms with Crippen LogP contribution in [0.2, 0.25) is 0 Å². The van der Waals surface area contributed by atoms with Crippen LogP contribution in [0.1, 0.15) is 29.0 Å². The van der Waals surface area contributed by atoms with E-state index < -0.39 is 0 Å². The third-order valence-electron chi connectivity index (χ3n) is 3.75. The van der Waals surface area contributed by atoms with E-state index in [-0.39, 0.29) is 11.9 Å². The Morgan fingerprint density at radius 2 is 1.95 bits per heavy atom. The zero-order valence-electron chi connectivity index (χ0n) is 11.6. The van der Waals surface area contributed by atoms with Crippen molar-refractivity contribution in [2.45, 2.75) is 19.3 Å². The van der Waals surface area contributed by atoms with E-state index in [4.69, 9.17) is 9.47 Å². The zero-order chi connectivity index (χ0) is 14.1. The Labute approximate surface area is 118 Å². The van der Waals surface area contributed by atoms with Gasteiger partial charge in [-0.15, -0.1) is 0 Å². The van der Waals surface area contributed by atoms with Gasteiger partial charge in [-0.05, 0) is 36.2 Å². The molecule has 0 amide bonds. The maximum Gasteiger partial charge on any atom is 0.312 e. The topological polar surface area (TPSA) is 35.5 Å². The van der Waals surface area contributed by atoms with Crippen LogP contribution in [-0.4, -0.2) is 13.1 Å². The lowest BCUT2D eigenvalue weighted by Crippen LogP contribution is -2.21. The lowest BCUT2D eigenvalue weighted by Gasteiger charge is -2.26. The van der Waals surface area contributed by atoms with Crippen LogP contribution >= 0.6 is 0 Å². The maximum atomic E-state index is 11.8. The molecule has 0 fully saturated rings. The Balaban J connectivity index is 2.14. The number of fused-ring (bicyclic) bond motifs is 1. The zero-order valence-corrected chi connectivity index (χ0v) is 11.6. The summed E-state index contributed by atoms with van der Waals surface area (Å²) in [6.07, 6.45) is 0.366. The number of ether oxygens (including phenoxy) is 2. The number of carbonyl (C=O) groups is 1. The number of aryl methyl sites for hydroxylation is 1. The summed E-state index contributed by atoms with van der Waals surface area (Å²) in [7, 11) is 1.64. The van der Waals surface area contributed by atoms with Crippen LogP contribution in [0.3, 0.4) is 0 Å². The van der Waals surface area contributed by atoms with Crippen LogP contribution in [0.15, 0.2) is 42.5 Å². The predicted octanol–water partition coefficient (Wildman–Crippen LogP) is 3.44. The van der Waals surface area contributed by atoms with Gasteiger partial charge in [0, 0.05) is 11.5 Å². The van der Waals surface area contributed by atoms with E-state index >= 15 is 0 Å². The number of hydrogen-bond acceptors (Lipinski definition) is 3. The molecule has 0 radical (unpaired) electrons. The molecule has 3 heteroatoms. The molecule has 0 aliphatic carbocycles. The fourth-order valence-electron chi connectivity index (χ4n) is 2.71. The molecule has 0 saturated carbocycles. The Morgan fingerprint density at radius 3 is 2.70 bits per heavy atom. The van der Waals surface area contributed by atoms with E-state index in [0.717, 1.165) is 11.3 Å². The first-order chi connectivity index (χ1) is 9.69. The van der Waals surface area contributed by atoms with E-state index in [0.29, 0.717) is 12.2 Å². The molecule has 20 heavy (non-hydrogen) atoms. The number of esters is 1. The first kappa shape index (κ1) is 12.7. The van der Waals surface area contributed by atoms with Crippen LogP contribution in [0.25, 0.3) is 0 Å². The van der Waals surface area contributed by atoms with Crippen molar-refractivity contribution >= 4 is 5.97 Å². The molecule has 102 valence electrons. The van der Waals surface area contributed by atoms with Crippen LogP contribution in [0.4, 0.5) is 0 Å². The highest BCUT2D eigenvalue weighted by molar-refractivity contribution is 5.78. The number of methoxy groups -OCH3 is 1. The molecule has 3 nitrogen and oxygen atoms in total. The molecule has 2 aromatic rings. The summed E-state index contributed by atoms with van der Waals surface area (Å²) in [6, 6.07) is 13.7. The highest BCUT2D eigenvalue weighted by atomic mass is 16.5. The number of benzene rings is 2. The van der Waals surface area contributed by atoms with Gasteiger partial charge in [-0.3, -0.25) is 4.79 Å². The minimum Gasteiger partial charge on any atom is -0.497 e. The maximum absolute atomic E-state index is 11.8. The summed E-state index contributed by atoms with van der Waals surface area (Å²) in [5.74, 6) is 1.26. The van der Waals surface area contributed by atoms with Crippen LogP contribution in [0.5, 0.6) is 11.5 Å². The van der Waals surface area contributed by atoms with Crippen molar-refractivity contribution in [3.05, 3.63) is 59.2 Å². The molecule has 0 saturated heterocycles. The highest BCUT2D eigenvalue weighted by Gasteiger charge is 2.29.